The number of piperidine rings is 1. The number of fused-ring (bicyclic) bond motifs is 1. The van der Waals surface area contributed by atoms with Gasteiger partial charge in [0, 0.05) is 18.5 Å². The van der Waals surface area contributed by atoms with Gasteiger partial charge in [-0.25, -0.2) is 0 Å². The molecule has 4 heteroatoms. The second kappa shape index (κ2) is 5.74. The number of likely N-dealkylation sites (tertiary alicyclic amines) is 1. The lowest BCUT2D eigenvalue weighted by molar-refractivity contribution is -0.143. The standard InChI is InChI=1S/C16H25NO3/c18-15(12-7-8-13(10-12)16(19)20)17-9-3-5-11-4-1-2-6-14(11)17/h11-14H,1-10H2,(H,19,20)/t11-,12+,13-,14-/m1/s1. The largest absolute Gasteiger partial charge is 0.481 e. The van der Waals surface area contributed by atoms with E-state index < -0.39 is 5.97 Å². The topological polar surface area (TPSA) is 57.6 Å². The second-order valence-corrected chi connectivity index (χ2v) is 6.83. The number of amides is 1. The van der Waals surface area contributed by atoms with Gasteiger partial charge in [0.05, 0.1) is 5.92 Å². The SMILES string of the molecule is O=C(O)[C@@H]1CC[C@H](C(=O)N2CCC[C@H]3CCCC[C@H]32)C1. The van der Waals surface area contributed by atoms with Crippen molar-refractivity contribution in [2.75, 3.05) is 6.54 Å². The third kappa shape index (κ3) is 2.57. The lowest BCUT2D eigenvalue weighted by atomic mass is 9.78. The smallest absolute Gasteiger partial charge is 0.306 e. The Morgan fingerprint density at radius 2 is 1.60 bits per heavy atom. The van der Waals surface area contributed by atoms with Gasteiger partial charge in [-0.3, -0.25) is 9.59 Å². The Kier molecular flexibility index (Phi) is 3.99. The molecule has 2 aliphatic carbocycles. The van der Waals surface area contributed by atoms with E-state index in [1.807, 2.05) is 0 Å². The normalized spacial score (nSPS) is 37.5. The van der Waals surface area contributed by atoms with E-state index >= 15 is 0 Å². The molecule has 2 saturated carbocycles. The van der Waals surface area contributed by atoms with Gasteiger partial charge in [0.2, 0.25) is 5.91 Å². The third-order valence-electron chi connectivity index (χ3n) is 5.66. The van der Waals surface area contributed by atoms with Gasteiger partial charge in [0.1, 0.15) is 0 Å². The first kappa shape index (κ1) is 13.9. The first-order valence-electron chi connectivity index (χ1n) is 8.20. The van der Waals surface area contributed by atoms with E-state index in [1.165, 1.54) is 25.7 Å². The van der Waals surface area contributed by atoms with Crippen molar-refractivity contribution in [2.45, 2.75) is 63.8 Å². The molecule has 0 spiro atoms. The molecule has 0 aromatic rings. The van der Waals surface area contributed by atoms with Crippen LogP contribution < -0.4 is 0 Å². The highest BCUT2D eigenvalue weighted by molar-refractivity contribution is 5.81. The fraction of sp³-hybridized carbons (Fsp3) is 0.875. The minimum atomic E-state index is -0.727. The summed E-state index contributed by atoms with van der Waals surface area (Å²) in [4.78, 5) is 25.9. The zero-order valence-corrected chi connectivity index (χ0v) is 12.1. The van der Waals surface area contributed by atoms with Crippen LogP contribution in [0.15, 0.2) is 0 Å². The summed E-state index contributed by atoms with van der Waals surface area (Å²) in [5, 5.41) is 9.09. The van der Waals surface area contributed by atoms with Crippen molar-refractivity contribution in [3.05, 3.63) is 0 Å². The van der Waals surface area contributed by atoms with Gasteiger partial charge in [-0.05, 0) is 50.9 Å². The molecule has 4 nitrogen and oxygen atoms in total. The van der Waals surface area contributed by atoms with E-state index in [4.69, 9.17) is 5.11 Å². The van der Waals surface area contributed by atoms with Crippen molar-refractivity contribution in [3.8, 4) is 0 Å². The molecule has 0 radical (unpaired) electrons. The first-order valence-corrected chi connectivity index (χ1v) is 8.20. The molecule has 112 valence electrons. The molecule has 3 fully saturated rings. The summed E-state index contributed by atoms with van der Waals surface area (Å²) in [6.07, 6.45) is 9.39. The molecule has 20 heavy (non-hydrogen) atoms. The van der Waals surface area contributed by atoms with Crippen molar-refractivity contribution in [3.63, 3.8) is 0 Å². The molecule has 1 N–H and O–H groups in total. The minimum Gasteiger partial charge on any atom is -0.481 e. The molecule has 0 aromatic carbocycles. The molecule has 1 aliphatic heterocycles. The number of hydrogen-bond donors (Lipinski definition) is 1. The lowest BCUT2D eigenvalue weighted by Gasteiger charge is -2.45. The monoisotopic (exact) mass is 279 g/mol. The van der Waals surface area contributed by atoms with E-state index in [2.05, 4.69) is 4.90 Å². The summed E-state index contributed by atoms with van der Waals surface area (Å²) in [7, 11) is 0. The van der Waals surface area contributed by atoms with Crippen LogP contribution >= 0.6 is 0 Å². The van der Waals surface area contributed by atoms with Gasteiger partial charge >= 0.3 is 5.97 Å². The fourth-order valence-electron chi connectivity index (χ4n) is 4.56. The predicted octanol–water partition coefficient (Wildman–Crippen LogP) is 2.67. The van der Waals surface area contributed by atoms with Gasteiger partial charge in [-0.1, -0.05) is 12.8 Å². The van der Waals surface area contributed by atoms with Crippen molar-refractivity contribution in [1.82, 2.24) is 4.90 Å². The molecular formula is C16H25NO3. The molecule has 0 aromatic heterocycles. The van der Waals surface area contributed by atoms with Crippen LogP contribution in [0.2, 0.25) is 0 Å². The number of nitrogens with zero attached hydrogens (tertiary/aromatic N) is 1. The minimum absolute atomic E-state index is 0.0308. The summed E-state index contributed by atoms with van der Waals surface area (Å²) < 4.78 is 0. The maximum atomic E-state index is 12.8. The van der Waals surface area contributed by atoms with Crippen LogP contribution in [-0.2, 0) is 9.59 Å². The van der Waals surface area contributed by atoms with Crippen molar-refractivity contribution in [2.24, 2.45) is 17.8 Å². The number of carboxylic acid groups (broad SMARTS) is 1. The molecule has 4 atom stereocenters. The lowest BCUT2D eigenvalue weighted by Crippen LogP contribution is -2.51. The summed E-state index contributed by atoms with van der Waals surface area (Å²) in [5.41, 5.74) is 0. The second-order valence-electron chi connectivity index (χ2n) is 6.83. The van der Waals surface area contributed by atoms with E-state index in [0.29, 0.717) is 24.8 Å². The molecule has 0 bridgehead atoms. The highest BCUT2D eigenvalue weighted by atomic mass is 16.4. The maximum Gasteiger partial charge on any atom is 0.306 e. The number of carboxylic acids is 1. The van der Waals surface area contributed by atoms with E-state index in [1.54, 1.807) is 0 Å². The van der Waals surface area contributed by atoms with Crippen LogP contribution in [0.5, 0.6) is 0 Å². The zero-order valence-electron chi connectivity index (χ0n) is 12.1. The number of carbonyl (C=O) groups is 2. The van der Waals surface area contributed by atoms with Crippen molar-refractivity contribution >= 4 is 11.9 Å². The average Bonchev–Trinajstić information content (AvgIpc) is 2.96. The maximum absolute atomic E-state index is 12.8. The molecular weight excluding hydrogens is 254 g/mol. The van der Waals surface area contributed by atoms with Crippen LogP contribution in [0.4, 0.5) is 0 Å². The molecule has 1 saturated heterocycles. The highest BCUT2D eigenvalue weighted by Gasteiger charge is 2.41. The van der Waals surface area contributed by atoms with Crippen LogP contribution in [0.1, 0.15) is 57.8 Å². The molecule has 3 aliphatic rings. The zero-order chi connectivity index (χ0) is 14.1. The molecule has 3 rings (SSSR count). The van der Waals surface area contributed by atoms with Crippen LogP contribution in [-0.4, -0.2) is 34.5 Å². The van der Waals surface area contributed by atoms with E-state index in [0.717, 1.165) is 25.8 Å². The van der Waals surface area contributed by atoms with Crippen molar-refractivity contribution < 1.29 is 14.7 Å². The number of carbonyl (C=O) groups excluding carboxylic acids is 1. The highest BCUT2D eigenvalue weighted by Crippen LogP contribution is 2.38. The first-order chi connectivity index (χ1) is 9.66. The van der Waals surface area contributed by atoms with Gasteiger partial charge in [0.25, 0.3) is 0 Å². The number of hydrogen-bond acceptors (Lipinski definition) is 2. The summed E-state index contributed by atoms with van der Waals surface area (Å²) in [6, 6.07) is 0.453. The fourth-order valence-corrected chi connectivity index (χ4v) is 4.56. The van der Waals surface area contributed by atoms with Crippen molar-refractivity contribution in [1.29, 1.82) is 0 Å². The van der Waals surface area contributed by atoms with Crippen LogP contribution in [0.3, 0.4) is 0 Å². The molecule has 1 heterocycles. The Labute approximate surface area is 120 Å². The van der Waals surface area contributed by atoms with Gasteiger partial charge in [-0.15, -0.1) is 0 Å². The predicted molar refractivity (Wildman–Crippen MR) is 75.2 cm³/mol. The Morgan fingerprint density at radius 1 is 0.900 bits per heavy atom. The summed E-state index contributed by atoms with van der Waals surface area (Å²) in [5.74, 6) is -0.0920. The van der Waals surface area contributed by atoms with Gasteiger partial charge in [-0.2, -0.15) is 0 Å². The Balaban J connectivity index is 1.65. The Hall–Kier alpha value is -1.06. The van der Waals surface area contributed by atoms with E-state index in [-0.39, 0.29) is 17.7 Å². The van der Waals surface area contributed by atoms with E-state index in [9.17, 15) is 9.59 Å². The molecule has 0 unspecified atom stereocenters. The number of rotatable bonds is 2. The summed E-state index contributed by atoms with van der Waals surface area (Å²) in [6.45, 7) is 0.897. The van der Waals surface area contributed by atoms with Gasteiger partial charge < -0.3 is 10.0 Å². The Bertz CT molecular complexity index is 393. The van der Waals surface area contributed by atoms with Crippen LogP contribution in [0, 0.1) is 17.8 Å². The average molecular weight is 279 g/mol. The Morgan fingerprint density at radius 3 is 2.35 bits per heavy atom. The van der Waals surface area contributed by atoms with Gasteiger partial charge in [0.15, 0.2) is 0 Å². The van der Waals surface area contributed by atoms with Crippen LogP contribution in [0.25, 0.3) is 0 Å². The number of aliphatic carboxylic acids is 1. The molecule has 1 amide bonds. The quantitative estimate of drug-likeness (QED) is 0.845. The third-order valence-corrected chi connectivity index (χ3v) is 5.66. The summed E-state index contributed by atoms with van der Waals surface area (Å²) >= 11 is 0.